The number of carbonyl (C=O) groups excluding carboxylic acids is 3. The van der Waals surface area contributed by atoms with Gasteiger partial charge in [0.15, 0.2) is 0 Å². The third-order valence-electron chi connectivity index (χ3n) is 4.25. The monoisotopic (exact) mass is 449 g/mol. The molecule has 31 heavy (non-hydrogen) atoms. The molecular weight excluding hydrogens is 414 g/mol. The molecule has 2 atom stereocenters. The van der Waals surface area contributed by atoms with Gasteiger partial charge in [0, 0.05) is 18.3 Å². The minimum Gasteiger partial charge on any atom is -0.444 e. The van der Waals surface area contributed by atoms with Crippen molar-refractivity contribution >= 4 is 30.5 Å². The first kappa shape index (κ1) is 26.6. The molecular formula is C23H35N3O4S. The lowest BCUT2D eigenvalue weighted by Crippen LogP contribution is -2.54. The third kappa shape index (κ3) is 8.28. The second kappa shape index (κ2) is 11.8. The van der Waals surface area contributed by atoms with Gasteiger partial charge in [-0.15, -0.1) is 6.58 Å². The van der Waals surface area contributed by atoms with Crippen molar-refractivity contribution in [3.63, 3.8) is 0 Å². The largest absolute Gasteiger partial charge is 0.444 e. The van der Waals surface area contributed by atoms with Crippen LogP contribution in [0.4, 0.5) is 4.79 Å². The van der Waals surface area contributed by atoms with Crippen LogP contribution < -0.4 is 10.6 Å². The number of nitrogens with zero attached hydrogens (tertiary/aromatic N) is 1. The molecule has 0 aliphatic carbocycles. The highest BCUT2D eigenvalue weighted by Crippen LogP contribution is 2.26. The molecule has 0 aromatic heterocycles. The number of aryl methyl sites for hydroxylation is 1. The van der Waals surface area contributed by atoms with E-state index in [1.165, 1.54) is 4.90 Å². The summed E-state index contributed by atoms with van der Waals surface area (Å²) in [5, 5.41) is 5.46. The molecule has 172 valence electrons. The maximum atomic E-state index is 13.5. The standard InChI is InChI=1S/C23H35N3O4S/c1-8-13-26(21(28)18(14-31)25-22(29)30-23(5,6)7)19(20(27)24-15(2)3)17-12-10-9-11-16(17)4/h8-12,15,18-19,31H,1,13-14H2,2-7H3,(H,24,27)(H,25,29). The van der Waals surface area contributed by atoms with Gasteiger partial charge in [-0.3, -0.25) is 9.59 Å². The Bertz CT molecular complexity index is 789. The Balaban J connectivity index is 3.33. The van der Waals surface area contributed by atoms with E-state index < -0.39 is 29.7 Å². The summed E-state index contributed by atoms with van der Waals surface area (Å²) in [5.74, 6) is -0.722. The van der Waals surface area contributed by atoms with Crippen molar-refractivity contribution in [2.24, 2.45) is 0 Å². The number of hydrogen-bond donors (Lipinski definition) is 3. The molecule has 1 aromatic rings. The summed E-state index contributed by atoms with van der Waals surface area (Å²) >= 11 is 4.24. The zero-order chi connectivity index (χ0) is 23.8. The molecule has 0 fully saturated rings. The third-order valence-corrected chi connectivity index (χ3v) is 4.62. The fraction of sp³-hybridized carbons (Fsp3) is 0.522. The van der Waals surface area contributed by atoms with Crippen LogP contribution in [0.1, 0.15) is 51.8 Å². The van der Waals surface area contributed by atoms with Crippen molar-refractivity contribution in [1.82, 2.24) is 15.5 Å². The second-order valence-electron chi connectivity index (χ2n) is 8.58. The lowest BCUT2D eigenvalue weighted by Gasteiger charge is -2.34. The summed E-state index contributed by atoms with van der Waals surface area (Å²) in [7, 11) is 0. The first-order chi connectivity index (χ1) is 14.4. The van der Waals surface area contributed by atoms with Crippen molar-refractivity contribution in [2.45, 2.75) is 65.3 Å². The van der Waals surface area contributed by atoms with Crippen LogP contribution >= 0.6 is 12.6 Å². The molecule has 2 unspecified atom stereocenters. The molecule has 0 saturated carbocycles. The number of alkyl carbamates (subject to hydrolysis) is 1. The van der Waals surface area contributed by atoms with E-state index in [-0.39, 0.29) is 24.2 Å². The normalized spacial score (nSPS) is 13.2. The average Bonchev–Trinajstić information content (AvgIpc) is 2.64. The molecule has 0 aliphatic rings. The smallest absolute Gasteiger partial charge is 0.408 e. The van der Waals surface area contributed by atoms with Crippen LogP contribution in [0.2, 0.25) is 0 Å². The molecule has 0 heterocycles. The van der Waals surface area contributed by atoms with Crippen LogP contribution in [-0.4, -0.2) is 52.8 Å². The van der Waals surface area contributed by atoms with Gasteiger partial charge >= 0.3 is 6.09 Å². The van der Waals surface area contributed by atoms with Gasteiger partial charge < -0.3 is 20.3 Å². The Kier molecular flexibility index (Phi) is 10.1. The molecule has 2 N–H and O–H groups in total. The highest BCUT2D eigenvalue weighted by molar-refractivity contribution is 7.80. The van der Waals surface area contributed by atoms with Gasteiger partial charge in [-0.25, -0.2) is 4.79 Å². The Morgan fingerprint density at radius 2 is 1.81 bits per heavy atom. The minimum atomic E-state index is -0.975. The van der Waals surface area contributed by atoms with Crippen molar-refractivity contribution in [1.29, 1.82) is 0 Å². The van der Waals surface area contributed by atoms with E-state index >= 15 is 0 Å². The number of carbonyl (C=O) groups is 3. The highest BCUT2D eigenvalue weighted by Gasteiger charge is 2.36. The molecule has 0 spiro atoms. The van der Waals surface area contributed by atoms with Gasteiger partial charge in [0.05, 0.1) is 0 Å². The van der Waals surface area contributed by atoms with Crippen molar-refractivity contribution in [2.75, 3.05) is 12.3 Å². The number of rotatable bonds is 9. The molecule has 0 saturated heterocycles. The predicted octanol–water partition coefficient (Wildman–Crippen LogP) is 3.40. The van der Waals surface area contributed by atoms with Crippen LogP contribution in [0.25, 0.3) is 0 Å². The summed E-state index contributed by atoms with van der Waals surface area (Å²) in [4.78, 5) is 40.3. The van der Waals surface area contributed by atoms with Crippen LogP contribution in [0, 0.1) is 6.92 Å². The van der Waals surface area contributed by atoms with Crippen LogP contribution in [0.3, 0.4) is 0 Å². The number of amides is 3. The first-order valence-electron chi connectivity index (χ1n) is 10.3. The van der Waals surface area contributed by atoms with Crippen LogP contribution in [0.15, 0.2) is 36.9 Å². The summed E-state index contributed by atoms with van der Waals surface area (Å²) in [5.41, 5.74) is 0.859. The zero-order valence-electron chi connectivity index (χ0n) is 19.3. The molecule has 0 aliphatic heterocycles. The molecule has 8 heteroatoms. The van der Waals surface area contributed by atoms with E-state index in [9.17, 15) is 14.4 Å². The Morgan fingerprint density at radius 1 is 1.19 bits per heavy atom. The fourth-order valence-electron chi connectivity index (χ4n) is 3.00. The lowest BCUT2D eigenvalue weighted by atomic mass is 9.98. The molecule has 1 aromatic carbocycles. The summed E-state index contributed by atoms with van der Waals surface area (Å²) in [6.45, 7) is 14.7. The molecule has 7 nitrogen and oxygen atoms in total. The Labute approximate surface area is 191 Å². The number of ether oxygens (including phenoxy) is 1. The fourth-order valence-corrected chi connectivity index (χ4v) is 3.25. The number of thiol groups is 1. The quantitative estimate of drug-likeness (QED) is 0.398. The zero-order valence-corrected chi connectivity index (χ0v) is 20.2. The topological polar surface area (TPSA) is 87.7 Å². The van der Waals surface area contributed by atoms with Gasteiger partial charge in [0.2, 0.25) is 11.8 Å². The Morgan fingerprint density at radius 3 is 2.29 bits per heavy atom. The van der Waals surface area contributed by atoms with E-state index in [0.717, 1.165) is 5.56 Å². The maximum Gasteiger partial charge on any atom is 0.408 e. The summed E-state index contributed by atoms with van der Waals surface area (Å²) in [6, 6.07) is 5.42. The minimum absolute atomic E-state index is 0.0397. The van der Waals surface area contributed by atoms with E-state index in [0.29, 0.717) is 5.56 Å². The van der Waals surface area contributed by atoms with Gasteiger partial charge in [-0.2, -0.15) is 12.6 Å². The van der Waals surface area contributed by atoms with Crippen molar-refractivity contribution in [3.05, 3.63) is 48.0 Å². The molecule has 0 bridgehead atoms. The number of benzene rings is 1. The van der Waals surface area contributed by atoms with Gasteiger partial charge in [0.25, 0.3) is 0 Å². The van der Waals surface area contributed by atoms with E-state index in [2.05, 4.69) is 29.8 Å². The lowest BCUT2D eigenvalue weighted by molar-refractivity contribution is -0.141. The molecule has 1 rings (SSSR count). The summed E-state index contributed by atoms with van der Waals surface area (Å²) < 4.78 is 5.27. The van der Waals surface area contributed by atoms with Crippen LogP contribution in [0.5, 0.6) is 0 Å². The van der Waals surface area contributed by atoms with Crippen molar-refractivity contribution in [3.8, 4) is 0 Å². The molecule has 0 radical (unpaired) electrons. The van der Waals surface area contributed by atoms with Crippen LogP contribution in [-0.2, 0) is 14.3 Å². The average molecular weight is 450 g/mol. The predicted molar refractivity (Wildman–Crippen MR) is 126 cm³/mol. The molecule has 3 amide bonds. The highest BCUT2D eigenvalue weighted by atomic mass is 32.1. The van der Waals surface area contributed by atoms with Crippen molar-refractivity contribution < 1.29 is 19.1 Å². The second-order valence-corrected chi connectivity index (χ2v) is 8.95. The SMILES string of the molecule is C=CCN(C(=O)C(CS)NC(=O)OC(C)(C)C)C(C(=O)NC(C)C)c1ccccc1C. The van der Waals surface area contributed by atoms with Gasteiger partial charge in [-0.1, -0.05) is 30.3 Å². The number of nitrogens with one attached hydrogen (secondary N) is 2. The van der Waals surface area contributed by atoms with Gasteiger partial charge in [0.1, 0.15) is 17.7 Å². The van der Waals surface area contributed by atoms with Gasteiger partial charge in [-0.05, 0) is 52.7 Å². The van der Waals surface area contributed by atoms with E-state index in [4.69, 9.17) is 4.74 Å². The van der Waals surface area contributed by atoms with E-state index in [1.807, 2.05) is 45.0 Å². The summed E-state index contributed by atoms with van der Waals surface area (Å²) in [6.07, 6.45) is 0.826. The first-order valence-corrected chi connectivity index (χ1v) is 10.9. The van der Waals surface area contributed by atoms with E-state index in [1.54, 1.807) is 26.8 Å². The maximum absolute atomic E-state index is 13.5. The number of hydrogen-bond acceptors (Lipinski definition) is 5. The Hall–Kier alpha value is -2.48.